The molecule has 2 rings (SSSR count). The molecule has 0 aromatic carbocycles. The Balaban J connectivity index is 1.80. The maximum absolute atomic E-state index is 5.46. The Morgan fingerprint density at radius 1 is 1.50 bits per heavy atom. The number of nitrogens with one attached hydrogen (secondary N) is 1. The van der Waals surface area contributed by atoms with Crippen molar-refractivity contribution in [3.8, 4) is 17.6 Å². The summed E-state index contributed by atoms with van der Waals surface area (Å²) in [5, 5.41) is 3.13. The summed E-state index contributed by atoms with van der Waals surface area (Å²) in [5.41, 5.74) is 0.733. The predicted octanol–water partition coefficient (Wildman–Crippen LogP) is 0.430. The van der Waals surface area contributed by atoms with Crippen molar-refractivity contribution >= 4 is 0 Å². The van der Waals surface area contributed by atoms with Crippen molar-refractivity contribution < 1.29 is 9.47 Å². The molecule has 84 valence electrons. The van der Waals surface area contributed by atoms with Crippen molar-refractivity contribution in [3.05, 3.63) is 24.0 Å². The first-order valence-corrected chi connectivity index (χ1v) is 5.20. The van der Waals surface area contributed by atoms with Gasteiger partial charge in [0.05, 0.1) is 19.4 Å². The lowest BCUT2D eigenvalue weighted by molar-refractivity contribution is 0.0394. The Kier molecular flexibility index (Phi) is 3.76. The highest BCUT2D eigenvalue weighted by Crippen LogP contribution is 2.06. The largest absolute Gasteiger partial charge is 0.495 e. The zero-order valence-corrected chi connectivity index (χ0v) is 9.19. The van der Waals surface area contributed by atoms with E-state index >= 15 is 0 Å². The van der Waals surface area contributed by atoms with Gasteiger partial charge >= 0.3 is 0 Å². The van der Waals surface area contributed by atoms with E-state index in [0.717, 1.165) is 24.5 Å². The number of rotatable bonds is 3. The van der Waals surface area contributed by atoms with Gasteiger partial charge in [-0.25, -0.2) is 4.98 Å². The van der Waals surface area contributed by atoms with Crippen molar-refractivity contribution in [1.29, 1.82) is 0 Å². The number of hydrogen-bond donors (Lipinski definition) is 1. The van der Waals surface area contributed by atoms with Gasteiger partial charge in [0.15, 0.2) is 0 Å². The van der Waals surface area contributed by atoms with Gasteiger partial charge in [0, 0.05) is 13.1 Å². The number of aromatic nitrogens is 1. The first-order chi connectivity index (χ1) is 7.88. The molecule has 1 saturated heterocycles. The molecule has 0 spiro atoms. The van der Waals surface area contributed by atoms with Crippen molar-refractivity contribution in [1.82, 2.24) is 10.3 Å². The minimum absolute atomic E-state index is 0.332. The Morgan fingerprint density at radius 2 is 2.38 bits per heavy atom. The van der Waals surface area contributed by atoms with E-state index in [-0.39, 0.29) is 0 Å². The van der Waals surface area contributed by atoms with E-state index in [1.165, 1.54) is 0 Å². The summed E-state index contributed by atoms with van der Waals surface area (Å²) in [6, 6.07) is 3.67. The minimum atomic E-state index is 0.332. The third kappa shape index (κ3) is 2.96. The van der Waals surface area contributed by atoms with Crippen LogP contribution in [0.25, 0.3) is 0 Å². The molecule has 1 aliphatic heterocycles. The molecule has 1 aliphatic rings. The quantitative estimate of drug-likeness (QED) is 0.747. The molecule has 16 heavy (non-hydrogen) atoms. The molecule has 0 amide bonds. The maximum atomic E-state index is 5.46. The van der Waals surface area contributed by atoms with E-state index in [9.17, 15) is 0 Å². The van der Waals surface area contributed by atoms with Crippen LogP contribution in [0.3, 0.4) is 0 Å². The Hall–Kier alpha value is -1.57. The van der Waals surface area contributed by atoms with E-state index in [4.69, 9.17) is 9.47 Å². The summed E-state index contributed by atoms with van der Waals surface area (Å²) in [6.45, 7) is 2.32. The third-order valence-corrected chi connectivity index (χ3v) is 2.32. The van der Waals surface area contributed by atoms with Crippen LogP contribution in [-0.4, -0.2) is 37.9 Å². The molecule has 0 unspecified atom stereocenters. The number of pyridine rings is 1. The van der Waals surface area contributed by atoms with E-state index in [0.29, 0.717) is 12.7 Å². The molecular weight excluding hydrogens is 204 g/mol. The topological polar surface area (TPSA) is 43.4 Å². The fourth-order valence-corrected chi connectivity index (χ4v) is 1.24. The summed E-state index contributed by atoms with van der Waals surface area (Å²) in [5.74, 6) is 6.61. The second-order valence-electron chi connectivity index (χ2n) is 3.48. The molecule has 0 aliphatic carbocycles. The van der Waals surface area contributed by atoms with Crippen molar-refractivity contribution in [2.75, 3.05) is 26.8 Å². The fourth-order valence-electron chi connectivity index (χ4n) is 1.24. The number of hydrogen-bond acceptors (Lipinski definition) is 4. The zero-order valence-electron chi connectivity index (χ0n) is 9.19. The lowest BCUT2D eigenvalue weighted by Gasteiger charge is -2.25. The average molecular weight is 218 g/mol. The molecule has 1 aromatic heterocycles. The molecule has 1 aromatic rings. The van der Waals surface area contributed by atoms with Gasteiger partial charge < -0.3 is 14.8 Å². The highest BCUT2D eigenvalue weighted by Gasteiger charge is 2.15. The Morgan fingerprint density at radius 3 is 2.94 bits per heavy atom. The molecule has 4 heteroatoms. The Bertz CT molecular complexity index is 388. The molecule has 0 atom stereocenters. The summed E-state index contributed by atoms with van der Waals surface area (Å²) in [6.07, 6.45) is 1.99. The van der Waals surface area contributed by atoms with E-state index < -0.39 is 0 Å². The van der Waals surface area contributed by atoms with Crippen LogP contribution >= 0.6 is 0 Å². The van der Waals surface area contributed by atoms with Gasteiger partial charge in [0.1, 0.15) is 18.1 Å². The molecule has 2 heterocycles. The molecule has 0 saturated carbocycles. The van der Waals surface area contributed by atoms with E-state index in [1.807, 2.05) is 12.1 Å². The van der Waals surface area contributed by atoms with Gasteiger partial charge in [-0.15, -0.1) is 0 Å². The van der Waals surface area contributed by atoms with Gasteiger partial charge in [0.2, 0.25) is 0 Å². The molecule has 4 nitrogen and oxygen atoms in total. The number of ether oxygens (including phenoxy) is 2. The van der Waals surface area contributed by atoms with Crippen LogP contribution in [0.5, 0.6) is 5.75 Å². The molecule has 1 N–H and O–H groups in total. The van der Waals surface area contributed by atoms with Crippen molar-refractivity contribution in [3.63, 3.8) is 0 Å². The Labute approximate surface area is 95.0 Å². The monoisotopic (exact) mass is 218 g/mol. The SMILES string of the molecule is COc1ccc(C#CCOC2CNC2)nc1. The van der Waals surface area contributed by atoms with Crippen LogP contribution in [0, 0.1) is 11.8 Å². The lowest BCUT2D eigenvalue weighted by atomic mass is 10.2. The van der Waals surface area contributed by atoms with Crippen LogP contribution in [0.15, 0.2) is 18.3 Å². The summed E-state index contributed by atoms with van der Waals surface area (Å²) < 4.78 is 10.5. The molecule has 1 fully saturated rings. The van der Waals surface area contributed by atoms with Crippen LogP contribution in [-0.2, 0) is 4.74 Å². The van der Waals surface area contributed by atoms with Crippen LogP contribution in [0.1, 0.15) is 5.69 Å². The highest BCUT2D eigenvalue weighted by molar-refractivity contribution is 5.31. The lowest BCUT2D eigenvalue weighted by Crippen LogP contribution is -2.48. The predicted molar refractivity (Wildman–Crippen MR) is 60.3 cm³/mol. The average Bonchev–Trinajstić information content (AvgIpc) is 2.27. The second kappa shape index (κ2) is 5.50. The highest BCUT2D eigenvalue weighted by atomic mass is 16.5. The van der Waals surface area contributed by atoms with Gasteiger partial charge in [-0.1, -0.05) is 5.92 Å². The number of methoxy groups -OCH3 is 1. The van der Waals surface area contributed by atoms with Gasteiger partial charge in [-0.2, -0.15) is 0 Å². The standard InChI is InChI=1S/C12H14N2O2/c1-15-11-5-4-10(14-9-11)3-2-6-16-12-7-13-8-12/h4-5,9,12-13H,6-8H2,1H3. The van der Waals surface area contributed by atoms with Gasteiger partial charge in [-0.05, 0) is 18.1 Å². The first kappa shape index (κ1) is 10.9. The van der Waals surface area contributed by atoms with E-state index in [2.05, 4.69) is 22.1 Å². The van der Waals surface area contributed by atoms with Crippen molar-refractivity contribution in [2.24, 2.45) is 0 Å². The molecular formula is C12H14N2O2. The zero-order chi connectivity index (χ0) is 11.2. The normalized spacial score (nSPS) is 14.8. The summed E-state index contributed by atoms with van der Waals surface area (Å²) in [7, 11) is 1.61. The van der Waals surface area contributed by atoms with Gasteiger partial charge in [0.25, 0.3) is 0 Å². The molecule has 0 bridgehead atoms. The second-order valence-corrected chi connectivity index (χ2v) is 3.48. The van der Waals surface area contributed by atoms with Crippen LogP contribution < -0.4 is 10.1 Å². The smallest absolute Gasteiger partial charge is 0.137 e. The minimum Gasteiger partial charge on any atom is -0.495 e. The maximum Gasteiger partial charge on any atom is 0.137 e. The summed E-state index contributed by atoms with van der Waals surface area (Å²) >= 11 is 0. The molecule has 0 radical (unpaired) electrons. The van der Waals surface area contributed by atoms with E-state index in [1.54, 1.807) is 13.3 Å². The summed E-state index contributed by atoms with van der Waals surface area (Å²) in [4.78, 5) is 4.13. The van der Waals surface area contributed by atoms with Crippen molar-refractivity contribution in [2.45, 2.75) is 6.10 Å². The first-order valence-electron chi connectivity index (χ1n) is 5.20. The van der Waals surface area contributed by atoms with Crippen LogP contribution in [0.4, 0.5) is 0 Å². The van der Waals surface area contributed by atoms with Crippen LogP contribution in [0.2, 0.25) is 0 Å². The fraction of sp³-hybridized carbons (Fsp3) is 0.417. The third-order valence-electron chi connectivity index (χ3n) is 2.32. The van der Waals surface area contributed by atoms with Gasteiger partial charge in [-0.3, -0.25) is 0 Å². The number of nitrogens with zero attached hydrogens (tertiary/aromatic N) is 1.